The summed E-state index contributed by atoms with van der Waals surface area (Å²) in [6.45, 7) is 7.46. The zero-order chi connectivity index (χ0) is 15.6. The lowest BCUT2D eigenvalue weighted by Crippen LogP contribution is -2.10. The summed E-state index contributed by atoms with van der Waals surface area (Å²) in [5.41, 5.74) is 1.40. The zero-order valence-corrected chi connectivity index (χ0v) is 13.2. The van der Waals surface area contributed by atoms with E-state index < -0.39 is 5.97 Å². The largest absolute Gasteiger partial charge is 0.478 e. The van der Waals surface area contributed by atoms with E-state index in [-0.39, 0.29) is 11.5 Å². The second-order valence-electron chi connectivity index (χ2n) is 5.02. The summed E-state index contributed by atoms with van der Waals surface area (Å²) in [5.74, 6) is 1.01. The Balaban J connectivity index is 2.32. The molecule has 0 saturated heterocycles. The summed E-state index contributed by atoms with van der Waals surface area (Å²) in [5, 5.41) is 13.7. The Morgan fingerprint density at radius 2 is 2.10 bits per heavy atom. The Bertz CT molecular complexity index is 667. The third-order valence-corrected chi connectivity index (χ3v) is 3.85. The molecule has 0 fully saturated rings. The highest BCUT2D eigenvalue weighted by molar-refractivity contribution is 7.98. The van der Waals surface area contributed by atoms with Gasteiger partial charge >= 0.3 is 5.97 Å². The molecule has 0 amide bonds. The van der Waals surface area contributed by atoms with Gasteiger partial charge in [-0.3, -0.25) is 0 Å². The molecule has 21 heavy (non-hydrogen) atoms. The lowest BCUT2D eigenvalue weighted by Gasteiger charge is -2.11. The van der Waals surface area contributed by atoms with Gasteiger partial charge in [-0.1, -0.05) is 30.8 Å². The van der Waals surface area contributed by atoms with Crippen LogP contribution in [0.5, 0.6) is 0 Å². The Labute approximate surface area is 127 Å². The Kier molecular flexibility index (Phi) is 4.62. The predicted octanol–water partition coefficient (Wildman–Crippen LogP) is 3.20. The predicted molar refractivity (Wildman–Crippen MR) is 78.6 cm³/mol. The Morgan fingerprint density at radius 3 is 2.62 bits per heavy atom. The first-order valence-electron chi connectivity index (χ1n) is 6.55. The molecule has 1 N–H and O–H groups in total. The van der Waals surface area contributed by atoms with E-state index in [2.05, 4.69) is 15.1 Å². The molecular weight excluding hydrogens is 290 g/mol. The number of thioether (sulfide) groups is 1. The molecule has 0 bridgehead atoms. The van der Waals surface area contributed by atoms with Crippen LogP contribution in [0.3, 0.4) is 0 Å². The highest BCUT2D eigenvalue weighted by Gasteiger charge is 2.19. The smallest absolute Gasteiger partial charge is 0.340 e. The minimum Gasteiger partial charge on any atom is -0.478 e. The molecule has 0 spiro atoms. The first-order chi connectivity index (χ1) is 9.88. The number of carboxylic acid groups (broad SMARTS) is 1. The molecule has 0 atom stereocenters. The second kappa shape index (κ2) is 6.26. The fourth-order valence-corrected chi connectivity index (χ4v) is 2.76. The van der Waals surface area contributed by atoms with Crippen LogP contribution in [0.25, 0.3) is 0 Å². The molecule has 112 valence electrons. The van der Waals surface area contributed by atoms with Gasteiger partial charge in [-0.25, -0.2) is 14.8 Å². The number of hydrogen-bond donors (Lipinski definition) is 1. The van der Waals surface area contributed by atoms with Crippen molar-refractivity contribution >= 4 is 17.7 Å². The van der Waals surface area contributed by atoms with Crippen molar-refractivity contribution in [3.8, 4) is 0 Å². The van der Waals surface area contributed by atoms with Crippen molar-refractivity contribution in [1.82, 2.24) is 15.1 Å². The molecule has 0 aliphatic heterocycles. The van der Waals surface area contributed by atoms with Gasteiger partial charge < -0.3 is 9.63 Å². The maximum Gasteiger partial charge on any atom is 0.340 e. The normalized spacial score (nSPS) is 11.1. The first kappa shape index (κ1) is 15.5. The minimum absolute atomic E-state index is 0.139. The van der Waals surface area contributed by atoms with Crippen LogP contribution in [-0.4, -0.2) is 26.2 Å². The standard InChI is InChI=1S/C14H17N3O3S/c1-7(2)12-15-9(4)11(14(18)19)13(16-12)21-6-10-5-8(3)20-17-10/h5,7H,6H2,1-4H3,(H,18,19). The van der Waals surface area contributed by atoms with Gasteiger partial charge in [-0.05, 0) is 13.8 Å². The average molecular weight is 307 g/mol. The molecule has 0 unspecified atom stereocenters. The minimum atomic E-state index is -1.01. The van der Waals surface area contributed by atoms with Crippen LogP contribution in [-0.2, 0) is 5.75 Å². The van der Waals surface area contributed by atoms with E-state index in [0.717, 1.165) is 11.5 Å². The van der Waals surface area contributed by atoms with E-state index in [4.69, 9.17) is 4.52 Å². The molecule has 7 heteroatoms. The van der Waals surface area contributed by atoms with Crippen molar-refractivity contribution in [2.75, 3.05) is 0 Å². The molecule has 2 aromatic rings. The number of rotatable bonds is 5. The highest BCUT2D eigenvalue weighted by atomic mass is 32.2. The van der Waals surface area contributed by atoms with Crippen LogP contribution in [0.2, 0.25) is 0 Å². The van der Waals surface area contributed by atoms with E-state index in [1.165, 1.54) is 11.8 Å². The van der Waals surface area contributed by atoms with Gasteiger partial charge in [-0.2, -0.15) is 0 Å². The van der Waals surface area contributed by atoms with E-state index in [1.54, 1.807) is 6.92 Å². The van der Waals surface area contributed by atoms with Crippen molar-refractivity contribution in [3.63, 3.8) is 0 Å². The fraction of sp³-hybridized carbons (Fsp3) is 0.429. The highest BCUT2D eigenvalue weighted by Crippen LogP contribution is 2.27. The molecule has 2 heterocycles. The average Bonchev–Trinajstić information content (AvgIpc) is 2.80. The van der Waals surface area contributed by atoms with Crippen LogP contribution < -0.4 is 0 Å². The van der Waals surface area contributed by atoms with Crippen LogP contribution in [0, 0.1) is 13.8 Å². The molecule has 0 aliphatic rings. The third-order valence-electron chi connectivity index (χ3n) is 2.84. The quantitative estimate of drug-likeness (QED) is 0.670. The number of carboxylic acids is 1. The van der Waals surface area contributed by atoms with Crippen LogP contribution in [0.1, 0.15) is 53.1 Å². The molecule has 0 radical (unpaired) electrons. The molecule has 0 aliphatic carbocycles. The summed E-state index contributed by atoms with van der Waals surface area (Å²) >= 11 is 1.33. The van der Waals surface area contributed by atoms with E-state index in [1.807, 2.05) is 26.8 Å². The van der Waals surface area contributed by atoms with Crippen molar-refractivity contribution in [3.05, 3.63) is 34.6 Å². The van der Waals surface area contributed by atoms with E-state index in [9.17, 15) is 9.90 Å². The van der Waals surface area contributed by atoms with Crippen molar-refractivity contribution in [2.24, 2.45) is 0 Å². The number of aromatic nitrogens is 3. The van der Waals surface area contributed by atoms with Crippen molar-refractivity contribution in [1.29, 1.82) is 0 Å². The summed E-state index contributed by atoms with van der Waals surface area (Å²) < 4.78 is 5.00. The Hall–Kier alpha value is -1.89. The van der Waals surface area contributed by atoms with Crippen LogP contribution >= 0.6 is 11.8 Å². The third kappa shape index (κ3) is 3.60. The van der Waals surface area contributed by atoms with E-state index in [0.29, 0.717) is 22.3 Å². The number of aromatic carboxylic acids is 1. The van der Waals surface area contributed by atoms with Crippen LogP contribution in [0.15, 0.2) is 15.6 Å². The topological polar surface area (TPSA) is 89.1 Å². The maximum atomic E-state index is 11.4. The second-order valence-corrected chi connectivity index (χ2v) is 5.99. The van der Waals surface area contributed by atoms with Crippen LogP contribution in [0.4, 0.5) is 0 Å². The number of aryl methyl sites for hydroxylation is 2. The molecule has 0 saturated carbocycles. The monoisotopic (exact) mass is 307 g/mol. The number of carbonyl (C=O) groups is 1. The summed E-state index contributed by atoms with van der Waals surface area (Å²) in [6, 6.07) is 1.82. The molecule has 6 nitrogen and oxygen atoms in total. The van der Waals surface area contributed by atoms with E-state index >= 15 is 0 Å². The van der Waals surface area contributed by atoms with Crippen molar-refractivity contribution < 1.29 is 14.4 Å². The maximum absolute atomic E-state index is 11.4. The number of nitrogens with zero attached hydrogens (tertiary/aromatic N) is 3. The van der Waals surface area contributed by atoms with Gasteiger partial charge in [0.15, 0.2) is 0 Å². The summed E-state index contributed by atoms with van der Waals surface area (Å²) in [7, 11) is 0. The lowest BCUT2D eigenvalue weighted by molar-refractivity contribution is 0.0690. The lowest BCUT2D eigenvalue weighted by atomic mass is 10.2. The van der Waals surface area contributed by atoms with Gasteiger partial charge in [0, 0.05) is 17.7 Å². The molecular formula is C14H17N3O3S. The molecule has 2 aromatic heterocycles. The Morgan fingerprint density at radius 1 is 1.38 bits per heavy atom. The SMILES string of the molecule is Cc1cc(CSc2nc(C(C)C)nc(C)c2C(=O)O)no1. The van der Waals surface area contributed by atoms with Crippen molar-refractivity contribution in [2.45, 2.75) is 44.4 Å². The zero-order valence-electron chi connectivity index (χ0n) is 12.4. The van der Waals surface area contributed by atoms with Gasteiger partial charge in [0.1, 0.15) is 22.2 Å². The van der Waals surface area contributed by atoms with Gasteiger partial charge in [-0.15, -0.1) is 0 Å². The summed E-state index contributed by atoms with van der Waals surface area (Å²) in [4.78, 5) is 20.1. The molecule has 2 rings (SSSR count). The van der Waals surface area contributed by atoms with Gasteiger partial charge in [0.25, 0.3) is 0 Å². The fourth-order valence-electron chi connectivity index (χ4n) is 1.80. The van der Waals surface area contributed by atoms with Gasteiger partial charge in [0.2, 0.25) is 0 Å². The van der Waals surface area contributed by atoms with Gasteiger partial charge in [0.05, 0.1) is 11.4 Å². The number of hydrogen-bond acceptors (Lipinski definition) is 6. The first-order valence-corrected chi connectivity index (χ1v) is 7.54. The molecule has 0 aromatic carbocycles. The summed E-state index contributed by atoms with van der Waals surface area (Å²) in [6.07, 6.45) is 0.